The van der Waals surface area contributed by atoms with Gasteiger partial charge < -0.3 is 10.5 Å². The lowest BCUT2D eigenvalue weighted by Gasteiger charge is -2.07. The molecule has 0 aromatic heterocycles. The van der Waals surface area contributed by atoms with Crippen molar-refractivity contribution in [2.24, 2.45) is 5.73 Å². The number of amides is 1. The molecule has 0 aliphatic heterocycles. The highest BCUT2D eigenvalue weighted by Gasteiger charge is 1.97. The number of nitrogens with two attached hydrogens (primary N) is 1. The first-order chi connectivity index (χ1) is 7.72. The maximum absolute atomic E-state index is 10.4. The van der Waals surface area contributed by atoms with Gasteiger partial charge >= 0.3 is 0 Å². The van der Waals surface area contributed by atoms with Gasteiger partial charge in [-0.25, -0.2) is 0 Å². The minimum Gasteiger partial charge on any atom is -0.494 e. The van der Waals surface area contributed by atoms with Gasteiger partial charge in [0.05, 0.1) is 6.61 Å². The molecule has 0 bridgehead atoms. The Morgan fingerprint density at radius 1 is 1.50 bits per heavy atom. The number of hydrogen-bond acceptors (Lipinski definition) is 4. The van der Waals surface area contributed by atoms with E-state index < -0.39 is 5.91 Å². The van der Waals surface area contributed by atoms with Crippen molar-refractivity contribution >= 4 is 5.91 Å². The van der Waals surface area contributed by atoms with E-state index in [4.69, 9.17) is 15.3 Å². The van der Waals surface area contributed by atoms with Gasteiger partial charge in [-0.2, -0.15) is 5.48 Å². The molecule has 0 spiro atoms. The highest BCUT2D eigenvalue weighted by atomic mass is 16.6. The molecular formula is C11H16N2O3. The number of rotatable bonds is 7. The number of primary amides is 1. The Morgan fingerprint density at radius 3 is 3.00 bits per heavy atom. The molecule has 5 nitrogen and oxygen atoms in total. The fraction of sp³-hybridized carbons (Fsp3) is 0.364. The average molecular weight is 224 g/mol. The first-order valence-corrected chi connectivity index (χ1v) is 5.07. The molecule has 5 heteroatoms. The first kappa shape index (κ1) is 12.5. The van der Waals surface area contributed by atoms with Gasteiger partial charge in [0.2, 0.25) is 5.91 Å². The number of ether oxygens (including phenoxy) is 1. The summed E-state index contributed by atoms with van der Waals surface area (Å²) < 4.78 is 5.35. The zero-order valence-corrected chi connectivity index (χ0v) is 9.23. The van der Waals surface area contributed by atoms with E-state index in [-0.39, 0.29) is 6.61 Å². The molecule has 0 aliphatic carbocycles. The Kier molecular flexibility index (Phi) is 5.31. The molecule has 1 amide bonds. The molecule has 0 radical (unpaired) electrons. The summed E-state index contributed by atoms with van der Waals surface area (Å²) in [7, 11) is 0. The Labute approximate surface area is 94.5 Å². The van der Waals surface area contributed by atoms with Crippen LogP contribution in [0.25, 0.3) is 0 Å². The zero-order chi connectivity index (χ0) is 11.8. The van der Waals surface area contributed by atoms with Crippen molar-refractivity contribution in [3.05, 3.63) is 29.8 Å². The number of nitrogens with one attached hydrogen (secondary N) is 1. The Balaban J connectivity index is 2.35. The molecule has 0 heterocycles. The van der Waals surface area contributed by atoms with Gasteiger partial charge in [0.1, 0.15) is 12.4 Å². The van der Waals surface area contributed by atoms with E-state index in [9.17, 15) is 4.79 Å². The van der Waals surface area contributed by atoms with E-state index in [1.165, 1.54) is 0 Å². The van der Waals surface area contributed by atoms with Crippen LogP contribution in [-0.4, -0.2) is 19.1 Å². The molecule has 1 aromatic carbocycles. The number of hydroxylamine groups is 1. The Morgan fingerprint density at radius 2 is 2.31 bits per heavy atom. The van der Waals surface area contributed by atoms with Crippen LogP contribution in [0.4, 0.5) is 0 Å². The van der Waals surface area contributed by atoms with Gasteiger partial charge in [-0.05, 0) is 24.6 Å². The quantitative estimate of drug-likeness (QED) is 0.525. The van der Waals surface area contributed by atoms with Crippen LogP contribution in [0.2, 0.25) is 0 Å². The van der Waals surface area contributed by atoms with Crippen molar-refractivity contribution in [1.82, 2.24) is 5.48 Å². The van der Waals surface area contributed by atoms with E-state index in [0.29, 0.717) is 13.2 Å². The molecule has 0 unspecified atom stereocenters. The molecule has 88 valence electrons. The van der Waals surface area contributed by atoms with Crippen LogP contribution in [-0.2, 0) is 16.2 Å². The third kappa shape index (κ3) is 4.77. The van der Waals surface area contributed by atoms with Crippen molar-refractivity contribution in [3.8, 4) is 5.75 Å². The highest BCUT2D eigenvalue weighted by molar-refractivity contribution is 5.74. The smallest absolute Gasteiger partial charge is 0.245 e. The SMILES string of the molecule is CCOc1cccc(CNOCC(N)=O)c1. The van der Waals surface area contributed by atoms with E-state index in [0.717, 1.165) is 11.3 Å². The van der Waals surface area contributed by atoms with Crippen molar-refractivity contribution in [2.75, 3.05) is 13.2 Å². The monoisotopic (exact) mass is 224 g/mol. The third-order valence-electron chi connectivity index (χ3n) is 1.80. The maximum Gasteiger partial charge on any atom is 0.245 e. The lowest BCUT2D eigenvalue weighted by atomic mass is 10.2. The fourth-order valence-corrected chi connectivity index (χ4v) is 1.17. The molecule has 3 N–H and O–H groups in total. The summed E-state index contributed by atoms with van der Waals surface area (Å²) in [6.45, 7) is 2.93. The summed E-state index contributed by atoms with van der Waals surface area (Å²) in [5.74, 6) is 0.312. The van der Waals surface area contributed by atoms with Gasteiger partial charge in [0, 0.05) is 6.54 Å². The summed E-state index contributed by atoms with van der Waals surface area (Å²) in [5, 5.41) is 0. The van der Waals surface area contributed by atoms with E-state index in [1.807, 2.05) is 31.2 Å². The average Bonchev–Trinajstić information content (AvgIpc) is 2.25. The molecule has 0 fully saturated rings. The van der Waals surface area contributed by atoms with Gasteiger partial charge in [-0.3, -0.25) is 9.63 Å². The summed E-state index contributed by atoms with van der Waals surface area (Å²) in [4.78, 5) is 15.2. The Bertz CT molecular complexity index is 342. The van der Waals surface area contributed by atoms with Gasteiger partial charge in [-0.15, -0.1) is 0 Å². The standard InChI is InChI=1S/C11H16N2O3/c1-2-15-10-5-3-4-9(6-10)7-13-16-8-11(12)14/h3-6,13H,2,7-8H2,1H3,(H2,12,14). The van der Waals surface area contributed by atoms with Crippen molar-refractivity contribution in [2.45, 2.75) is 13.5 Å². The zero-order valence-electron chi connectivity index (χ0n) is 9.23. The number of carbonyl (C=O) groups excluding carboxylic acids is 1. The van der Waals surface area contributed by atoms with Gasteiger partial charge in [-0.1, -0.05) is 12.1 Å². The molecule has 0 saturated carbocycles. The van der Waals surface area contributed by atoms with Gasteiger partial charge in [0.15, 0.2) is 0 Å². The first-order valence-electron chi connectivity index (χ1n) is 5.07. The van der Waals surface area contributed by atoms with Crippen molar-refractivity contribution in [3.63, 3.8) is 0 Å². The predicted octanol–water partition coefficient (Wildman–Crippen LogP) is 0.592. The van der Waals surface area contributed by atoms with E-state index >= 15 is 0 Å². The Hall–Kier alpha value is -1.59. The summed E-state index contributed by atoms with van der Waals surface area (Å²) in [6, 6.07) is 7.63. The molecule has 0 saturated heterocycles. The highest BCUT2D eigenvalue weighted by Crippen LogP contribution is 2.12. The lowest BCUT2D eigenvalue weighted by molar-refractivity contribution is -0.125. The second kappa shape index (κ2) is 6.81. The number of benzene rings is 1. The molecule has 16 heavy (non-hydrogen) atoms. The van der Waals surface area contributed by atoms with Gasteiger partial charge in [0.25, 0.3) is 0 Å². The summed E-state index contributed by atoms with van der Waals surface area (Å²) in [5.41, 5.74) is 8.57. The topological polar surface area (TPSA) is 73.6 Å². The number of hydrogen-bond donors (Lipinski definition) is 2. The lowest BCUT2D eigenvalue weighted by Crippen LogP contribution is -2.24. The number of carbonyl (C=O) groups is 1. The molecule has 0 aliphatic rings. The van der Waals surface area contributed by atoms with E-state index in [1.54, 1.807) is 0 Å². The second-order valence-electron chi connectivity index (χ2n) is 3.16. The second-order valence-corrected chi connectivity index (χ2v) is 3.16. The van der Waals surface area contributed by atoms with Crippen LogP contribution in [0.15, 0.2) is 24.3 Å². The maximum atomic E-state index is 10.4. The fourth-order valence-electron chi connectivity index (χ4n) is 1.17. The van der Waals surface area contributed by atoms with Crippen molar-refractivity contribution in [1.29, 1.82) is 0 Å². The minimum atomic E-state index is -0.504. The summed E-state index contributed by atoms with van der Waals surface area (Å²) in [6.07, 6.45) is 0. The van der Waals surface area contributed by atoms with Crippen LogP contribution < -0.4 is 16.0 Å². The van der Waals surface area contributed by atoms with Crippen LogP contribution in [0.3, 0.4) is 0 Å². The minimum absolute atomic E-state index is 0.134. The van der Waals surface area contributed by atoms with Crippen molar-refractivity contribution < 1.29 is 14.4 Å². The third-order valence-corrected chi connectivity index (χ3v) is 1.80. The van der Waals surface area contributed by atoms with Crippen LogP contribution in [0.1, 0.15) is 12.5 Å². The molecule has 1 rings (SSSR count). The largest absolute Gasteiger partial charge is 0.494 e. The predicted molar refractivity (Wildman–Crippen MR) is 59.6 cm³/mol. The van der Waals surface area contributed by atoms with E-state index in [2.05, 4.69) is 5.48 Å². The normalized spacial score (nSPS) is 10.1. The molecular weight excluding hydrogens is 208 g/mol. The van der Waals surface area contributed by atoms with Crippen LogP contribution in [0.5, 0.6) is 5.75 Å². The van der Waals surface area contributed by atoms with Crippen LogP contribution >= 0.6 is 0 Å². The van der Waals surface area contributed by atoms with Crippen LogP contribution in [0, 0.1) is 0 Å². The summed E-state index contributed by atoms with van der Waals surface area (Å²) >= 11 is 0. The molecule has 1 aromatic rings. The molecule has 0 atom stereocenters.